The Bertz CT molecular complexity index is 1150. The number of halogens is 2. The number of nitrogens with zero attached hydrogens (tertiary/aromatic N) is 2. The molecule has 154 valence electrons. The fraction of sp³-hybridized carbons (Fsp3) is 0.0476. The molecule has 0 aliphatic heterocycles. The molecule has 0 spiro atoms. The third-order valence-corrected chi connectivity index (χ3v) is 6.54. The van der Waals surface area contributed by atoms with Crippen LogP contribution >= 0.6 is 27.5 Å². The van der Waals surface area contributed by atoms with Gasteiger partial charge < -0.3 is 0 Å². The number of amides is 1. The number of carbonyl (C=O) groups excluding carboxylic acids is 1. The Morgan fingerprint density at radius 3 is 2.40 bits per heavy atom. The standard InChI is InChI=1S/C21H17BrClN3O3S/c22-17-9-11-19(12-10-17)26(30(28,29)20-7-2-1-3-8-20)15-21(27)25-24-14-16-5-4-6-18(23)13-16/h1-14H,15H2,(H,25,27)/b24-14-. The maximum absolute atomic E-state index is 13.2. The normalized spacial score (nSPS) is 11.4. The van der Waals surface area contributed by atoms with Gasteiger partial charge >= 0.3 is 0 Å². The summed E-state index contributed by atoms with van der Waals surface area (Å²) in [6.07, 6.45) is 1.43. The molecule has 0 atom stereocenters. The van der Waals surface area contributed by atoms with Crippen molar-refractivity contribution in [2.24, 2.45) is 5.10 Å². The number of rotatable bonds is 7. The van der Waals surface area contributed by atoms with E-state index in [1.54, 1.807) is 66.7 Å². The number of carbonyl (C=O) groups is 1. The Hall–Kier alpha value is -2.68. The third-order valence-electron chi connectivity index (χ3n) is 3.98. The lowest BCUT2D eigenvalue weighted by molar-refractivity contribution is -0.119. The van der Waals surface area contributed by atoms with Gasteiger partial charge in [-0.1, -0.05) is 57.9 Å². The molecule has 0 fully saturated rings. The van der Waals surface area contributed by atoms with E-state index in [1.807, 2.05) is 0 Å². The second-order valence-corrected chi connectivity index (χ2v) is 9.36. The molecule has 3 rings (SSSR count). The summed E-state index contributed by atoms with van der Waals surface area (Å²) in [5.41, 5.74) is 3.41. The van der Waals surface area contributed by atoms with E-state index in [2.05, 4.69) is 26.5 Å². The van der Waals surface area contributed by atoms with Gasteiger partial charge in [0, 0.05) is 9.50 Å². The minimum absolute atomic E-state index is 0.0862. The van der Waals surface area contributed by atoms with Gasteiger partial charge in [0.15, 0.2) is 0 Å². The molecule has 30 heavy (non-hydrogen) atoms. The Morgan fingerprint density at radius 1 is 1.03 bits per heavy atom. The zero-order chi connectivity index (χ0) is 21.6. The van der Waals surface area contributed by atoms with E-state index in [1.165, 1.54) is 18.3 Å². The molecule has 0 saturated carbocycles. The SMILES string of the molecule is O=C(CN(c1ccc(Br)cc1)S(=O)(=O)c1ccccc1)N/N=C\c1cccc(Cl)c1. The summed E-state index contributed by atoms with van der Waals surface area (Å²) in [5.74, 6) is -0.587. The molecular weight excluding hydrogens is 490 g/mol. The zero-order valence-corrected chi connectivity index (χ0v) is 18.7. The Kier molecular flexibility index (Phi) is 7.25. The molecule has 9 heteroatoms. The van der Waals surface area contributed by atoms with Crippen molar-refractivity contribution in [2.45, 2.75) is 4.90 Å². The first-order chi connectivity index (χ1) is 14.4. The summed E-state index contributed by atoms with van der Waals surface area (Å²) >= 11 is 9.24. The van der Waals surface area contributed by atoms with Crippen LogP contribution in [0.5, 0.6) is 0 Å². The molecule has 0 unspecified atom stereocenters. The minimum atomic E-state index is -3.96. The van der Waals surface area contributed by atoms with Gasteiger partial charge in [0.05, 0.1) is 16.8 Å². The van der Waals surface area contributed by atoms with Crippen molar-refractivity contribution in [1.29, 1.82) is 0 Å². The monoisotopic (exact) mass is 505 g/mol. The van der Waals surface area contributed by atoms with E-state index in [0.717, 1.165) is 8.78 Å². The lowest BCUT2D eigenvalue weighted by atomic mass is 10.2. The first kappa shape index (κ1) is 22.0. The van der Waals surface area contributed by atoms with Crippen LogP contribution in [-0.4, -0.2) is 27.1 Å². The van der Waals surface area contributed by atoms with Crippen LogP contribution in [0.25, 0.3) is 0 Å². The zero-order valence-electron chi connectivity index (χ0n) is 15.6. The molecule has 0 aliphatic rings. The average Bonchev–Trinajstić information content (AvgIpc) is 2.73. The van der Waals surface area contributed by atoms with Crippen molar-refractivity contribution < 1.29 is 13.2 Å². The van der Waals surface area contributed by atoms with E-state index >= 15 is 0 Å². The van der Waals surface area contributed by atoms with Crippen LogP contribution < -0.4 is 9.73 Å². The minimum Gasteiger partial charge on any atom is -0.271 e. The maximum Gasteiger partial charge on any atom is 0.264 e. The maximum atomic E-state index is 13.2. The molecule has 0 radical (unpaired) electrons. The molecule has 1 amide bonds. The second-order valence-electron chi connectivity index (χ2n) is 6.15. The van der Waals surface area contributed by atoms with Gasteiger partial charge in [-0.15, -0.1) is 0 Å². The number of anilines is 1. The first-order valence-corrected chi connectivity index (χ1v) is 11.4. The third kappa shape index (κ3) is 5.69. The summed E-state index contributed by atoms with van der Waals surface area (Å²) in [5, 5.41) is 4.43. The van der Waals surface area contributed by atoms with Gasteiger partial charge in [-0.25, -0.2) is 13.8 Å². The van der Waals surface area contributed by atoms with Gasteiger partial charge in [0.25, 0.3) is 15.9 Å². The van der Waals surface area contributed by atoms with Crippen molar-refractivity contribution in [2.75, 3.05) is 10.8 Å². The van der Waals surface area contributed by atoms with Crippen molar-refractivity contribution in [1.82, 2.24) is 5.43 Å². The number of nitrogens with one attached hydrogen (secondary N) is 1. The van der Waals surface area contributed by atoms with Crippen LogP contribution in [0.3, 0.4) is 0 Å². The largest absolute Gasteiger partial charge is 0.271 e. The molecule has 3 aromatic carbocycles. The topological polar surface area (TPSA) is 78.8 Å². The highest BCUT2D eigenvalue weighted by molar-refractivity contribution is 9.10. The summed E-state index contributed by atoms with van der Waals surface area (Å²) in [4.78, 5) is 12.5. The Balaban J connectivity index is 1.82. The first-order valence-electron chi connectivity index (χ1n) is 8.77. The Morgan fingerprint density at radius 2 is 1.73 bits per heavy atom. The van der Waals surface area contributed by atoms with E-state index in [4.69, 9.17) is 11.6 Å². The van der Waals surface area contributed by atoms with Crippen LogP contribution in [0.4, 0.5) is 5.69 Å². The lowest BCUT2D eigenvalue weighted by Crippen LogP contribution is -2.39. The summed E-state index contributed by atoms with van der Waals surface area (Å²) in [7, 11) is -3.96. The summed E-state index contributed by atoms with van der Waals surface area (Å²) in [6.45, 7) is -0.439. The number of benzene rings is 3. The van der Waals surface area contributed by atoms with Gasteiger partial charge in [0.1, 0.15) is 6.54 Å². The molecule has 3 aromatic rings. The van der Waals surface area contributed by atoms with Crippen LogP contribution in [0.2, 0.25) is 5.02 Å². The molecule has 0 bridgehead atoms. The van der Waals surface area contributed by atoms with Crippen LogP contribution in [-0.2, 0) is 14.8 Å². The van der Waals surface area contributed by atoms with Gasteiger partial charge in [0.2, 0.25) is 0 Å². The smallest absolute Gasteiger partial charge is 0.264 e. The van der Waals surface area contributed by atoms with Gasteiger partial charge in [-0.3, -0.25) is 9.10 Å². The fourth-order valence-corrected chi connectivity index (χ4v) is 4.48. The second kappa shape index (κ2) is 9.88. The van der Waals surface area contributed by atoms with E-state index in [-0.39, 0.29) is 4.90 Å². The lowest BCUT2D eigenvalue weighted by Gasteiger charge is -2.23. The summed E-state index contributed by atoms with van der Waals surface area (Å²) < 4.78 is 28.2. The number of hydrogen-bond donors (Lipinski definition) is 1. The molecule has 0 aromatic heterocycles. The van der Waals surface area contributed by atoms with E-state index in [0.29, 0.717) is 16.3 Å². The van der Waals surface area contributed by atoms with Crippen LogP contribution in [0.1, 0.15) is 5.56 Å². The number of sulfonamides is 1. The average molecular weight is 507 g/mol. The summed E-state index contributed by atoms with van der Waals surface area (Å²) in [6, 6.07) is 21.5. The molecule has 0 aliphatic carbocycles. The fourth-order valence-electron chi connectivity index (χ4n) is 2.57. The molecule has 6 nitrogen and oxygen atoms in total. The molecular formula is C21H17BrClN3O3S. The molecule has 0 saturated heterocycles. The highest BCUT2D eigenvalue weighted by Crippen LogP contribution is 2.25. The van der Waals surface area contributed by atoms with E-state index < -0.39 is 22.5 Å². The van der Waals surface area contributed by atoms with Crippen molar-refractivity contribution >= 4 is 55.4 Å². The molecule has 1 N–H and O–H groups in total. The number of hydrogen-bond acceptors (Lipinski definition) is 4. The number of hydrazone groups is 1. The predicted octanol–water partition coefficient (Wildman–Crippen LogP) is 4.45. The quantitative estimate of drug-likeness (QED) is 0.380. The van der Waals surface area contributed by atoms with Gasteiger partial charge in [-0.2, -0.15) is 5.10 Å². The Labute approximate surface area is 188 Å². The predicted molar refractivity (Wildman–Crippen MR) is 122 cm³/mol. The van der Waals surface area contributed by atoms with Gasteiger partial charge in [-0.05, 0) is 54.1 Å². The van der Waals surface area contributed by atoms with Crippen molar-refractivity contribution in [3.05, 3.63) is 93.9 Å². The molecule has 0 heterocycles. The highest BCUT2D eigenvalue weighted by atomic mass is 79.9. The van der Waals surface area contributed by atoms with Crippen molar-refractivity contribution in [3.8, 4) is 0 Å². The van der Waals surface area contributed by atoms with E-state index in [9.17, 15) is 13.2 Å². The highest BCUT2D eigenvalue weighted by Gasteiger charge is 2.27. The van der Waals surface area contributed by atoms with Crippen LogP contribution in [0, 0.1) is 0 Å². The van der Waals surface area contributed by atoms with Crippen LogP contribution in [0.15, 0.2) is 93.3 Å². The van der Waals surface area contributed by atoms with Crippen molar-refractivity contribution in [3.63, 3.8) is 0 Å².